The number of aryl methyl sites for hydroxylation is 1. The lowest BCUT2D eigenvalue weighted by Crippen LogP contribution is -2.13. The number of rotatable bonds is 7. The van der Waals surface area contributed by atoms with E-state index in [9.17, 15) is 9.59 Å². The van der Waals surface area contributed by atoms with Gasteiger partial charge >= 0.3 is 5.97 Å². The van der Waals surface area contributed by atoms with E-state index >= 15 is 0 Å². The fourth-order valence-corrected chi connectivity index (χ4v) is 4.71. The van der Waals surface area contributed by atoms with Crippen molar-refractivity contribution in [1.82, 2.24) is 10.2 Å². The van der Waals surface area contributed by atoms with Gasteiger partial charge in [0.05, 0.1) is 25.4 Å². The minimum absolute atomic E-state index is 0.172. The SMILES string of the molecule is COC(=O)c1ccc(CSc2nnc(NC(=O)Cc3coc4cc(C)ccc34)s2)cc1. The van der Waals surface area contributed by atoms with E-state index in [0.717, 1.165) is 32.0 Å². The van der Waals surface area contributed by atoms with Crippen molar-refractivity contribution in [1.29, 1.82) is 0 Å². The van der Waals surface area contributed by atoms with Gasteiger partial charge in [0.2, 0.25) is 11.0 Å². The van der Waals surface area contributed by atoms with Crippen LogP contribution in [0.25, 0.3) is 11.0 Å². The van der Waals surface area contributed by atoms with E-state index in [0.29, 0.717) is 16.4 Å². The first-order valence-corrected chi connectivity index (χ1v) is 11.2. The Morgan fingerprint density at radius 1 is 1.16 bits per heavy atom. The summed E-state index contributed by atoms with van der Waals surface area (Å²) < 4.78 is 11.0. The second-order valence-electron chi connectivity index (χ2n) is 6.84. The minimum atomic E-state index is -0.359. The van der Waals surface area contributed by atoms with Crippen molar-refractivity contribution in [3.05, 3.63) is 71.0 Å². The average Bonchev–Trinajstić information content (AvgIpc) is 3.38. The predicted octanol–water partition coefficient (Wildman–Crippen LogP) is 4.85. The van der Waals surface area contributed by atoms with E-state index < -0.39 is 0 Å². The highest BCUT2D eigenvalue weighted by Crippen LogP contribution is 2.29. The molecule has 0 aliphatic carbocycles. The second-order valence-corrected chi connectivity index (χ2v) is 9.04. The molecular formula is C22H19N3O4S2. The number of anilines is 1. The van der Waals surface area contributed by atoms with Crippen molar-refractivity contribution in [2.24, 2.45) is 0 Å². The second kappa shape index (κ2) is 9.32. The Labute approximate surface area is 186 Å². The Balaban J connectivity index is 1.32. The van der Waals surface area contributed by atoms with Crippen molar-refractivity contribution in [2.45, 2.75) is 23.4 Å². The van der Waals surface area contributed by atoms with Gasteiger partial charge in [-0.1, -0.05) is 47.4 Å². The number of aromatic nitrogens is 2. The van der Waals surface area contributed by atoms with Crippen LogP contribution in [-0.4, -0.2) is 29.2 Å². The number of fused-ring (bicyclic) bond motifs is 1. The number of amides is 1. The summed E-state index contributed by atoms with van der Waals surface area (Å²) >= 11 is 2.83. The van der Waals surface area contributed by atoms with Gasteiger partial charge in [0.15, 0.2) is 4.34 Å². The molecule has 4 rings (SSSR count). The van der Waals surface area contributed by atoms with E-state index in [1.54, 1.807) is 18.4 Å². The molecule has 1 amide bonds. The van der Waals surface area contributed by atoms with E-state index in [4.69, 9.17) is 9.15 Å². The standard InChI is InChI=1S/C22H19N3O4S2/c1-13-3-8-17-16(11-29-18(17)9-13)10-19(26)23-21-24-25-22(31-21)30-12-14-4-6-15(7-5-14)20(27)28-2/h3-9,11H,10,12H2,1-2H3,(H,23,24,26). The van der Waals surface area contributed by atoms with Gasteiger partial charge in [0.25, 0.3) is 0 Å². The number of carbonyl (C=O) groups excluding carboxylic acids is 2. The van der Waals surface area contributed by atoms with Gasteiger partial charge in [-0.15, -0.1) is 10.2 Å². The number of hydrogen-bond donors (Lipinski definition) is 1. The first kappa shape index (κ1) is 21.1. The maximum absolute atomic E-state index is 12.4. The summed E-state index contributed by atoms with van der Waals surface area (Å²) in [5.41, 5.74) is 4.27. The van der Waals surface area contributed by atoms with Crippen LogP contribution in [0, 0.1) is 6.92 Å². The largest absolute Gasteiger partial charge is 0.465 e. The summed E-state index contributed by atoms with van der Waals surface area (Å²) in [7, 11) is 1.36. The molecule has 7 nitrogen and oxygen atoms in total. The number of esters is 1. The molecule has 0 spiro atoms. The summed E-state index contributed by atoms with van der Waals surface area (Å²) in [6, 6.07) is 13.1. The van der Waals surface area contributed by atoms with Crippen LogP contribution >= 0.6 is 23.1 Å². The molecule has 0 saturated carbocycles. The molecule has 0 aliphatic heterocycles. The zero-order valence-electron chi connectivity index (χ0n) is 16.9. The third-order valence-corrected chi connectivity index (χ3v) is 6.60. The number of methoxy groups -OCH3 is 1. The van der Waals surface area contributed by atoms with Gasteiger partial charge in [-0.3, -0.25) is 4.79 Å². The Hall–Kier alpha value is -3.17. The molecule has 158 valence electrons. The average molecular weight is 454 g/mol. The number of carbonyl (C=O) groups is 2. The smallest absolute Gasteiger partial charge is 0.337 e. The fraction of sp³-hybridized carbons (Fsp3) is 0.182. The first-order valence-electron chi connectivity index (χ1n) is 9.42. The number of hydrogen-bond acceptors (Lipinski definition) is 8. The monoisotopic (exact) mass is 453 g/mol. The number of thioether (sulfide) groups is 1. The van der Waals surface area contributed by atoms with E-state index in [1.807, 2.05) is 37.3 Å². The quantitative estimate of drug-likeness (QED) is 0.243. The zero-order chi connectivity index (χ0) is 21.8. The van der Waals surface area contributed by atoms with Crippen molar-refractivity contribution in [3.8, 4) is 0 Å². The first-order chi connectivity index (χ1) is 15.0. The molecule has 4 aromatic rings. The van der Waals surface area contributed by atoms with E-state index in [2.05, 4.69) is 15.5 Å². The maximum Gasteiger partial charge on any atom is 0.337 e. The van der Waals surface area contributed by atoms with Crippen LogP contribution in [0.3, 0.4) is 0 Å². The molecule has 0 unspecified atom stereocenters. The van der Waals surface area contributed by atoms with Crippen LogP contribution in [0.2, 0.25) is 0 Å². The van der Waals surface area contributed by atoms with Crippen LogP contribution < -0.4 is 5.32 Å². The number of nitrogens with one attached hydrogen (secondary N) is 1. The van der Waals surface area contributed by atoms with Crippen LogP contribution in [0.15, 0.2) is 57.5 Å². The van der Waals surface area contributed by atoms with Crippen LogP contribution in [0.4, 0.5) is 5.13 Å². The summed E-state index contributed by atoms with van der Waals surface area (Å²) in [6.45, 7) is 2.00. The molecule has 0 radical (unpaired) electrons. The maximum atomic E-state index is 12.4. The molecule has 2 aromatic carbocycles. The molecule has 2 aromatic heterocycles. The number of ether oxygens (including phenoxy) is 1. The molecule has 0 aliphatic rings. The van der Waals surface area contributed by atoms with Gasteiger partial charge < -0.3 is 14.5 Å². The molecule has 31 heavy (non-hydrogen) atoms. The van der Waals surface area contributed by atoms with Crippen LogP contribution in [0.5, 0.6) is 0 Å². The minimum Gasteiger partial charge on any atom is -0.465 e. The Morgan fingerprint density at radius 2 is 1.97 bits per heavy atom. The van der Waals surface area contributed by atoms with Gasteiger partial charge in [0, 0.05) is 16.7 Å². The summed E-state index contributed by atoms with van der Waals surface area (Å²) in [5, 5.41) is 12.4. The molecule has 0 atom stereocenters. The normalized spacial score (nSPS) is 10.9. The Kier molecular flexibility index (Phi) is 6.34. The summed E-state index contributed by atoms with van der Waals surface area (Å²) in [5.74, 6) is 0.140. The molecule has 0 fully saturated rings. The Bertz CT molecular complexity index is 1230. The Morgan fingerprint density at radius 3 is 2.74 bits per heavy atom. The topological polar surface area (TPSA) is 94.3 Å². The van der Waals surface area contributed by atoms with Gasteiger partial charge in [-0.2, -0.15) is 0 Å². The van der Waals surface area contributed by atoms with Gasteiger partial charge in [-0.25, -0.2) is 4.79 Å². The van der Waals surface area contributed by atoms with Crippen molar-refractivity contribution in [3.63, 3.8) is 0 Å². The number of furan rings is 1. The molecule has 2 heterocycles. The highest BCUT2D eigenvalue weighted by Gasteiger charge is 2.13. The van der Waals surface area contributed by atoms with E-state index in [-0.39, 0.29) is 18.3 Å². The van der Waals surface area contributed by atoms with Crippen molar-refractivity contribution in [2.75, 3.05) is 12.4 Å². The van der Waals surface area contributed by atoms with Crippen molar-refractivity contribution < 1.29 is 18.7 Å². The zero-order valence-corrected chi connectivity index (χ0v) is 18.5. The fourth-order valence-electron chi connectivity index (χ4n) is 2.98. The third-order valence-electron chi connectivity index (χ3n) is 4.55. The van der Waals surface area contributed by atoms with Crippen molar-refractivity contribution >= 4 is 51.1 Å². The highest BCUT2D eigenvalue weighted by molar-refractivity contribution is 8.00. The number of nitrogens with zero attached hydrogens (tertiary/aromatic N) is 2. The van der Waals surface area contributed by atoms with Gasteiger partial charge in [0.1, 0.15) is 5.58 Å². The molecule has 0 saturated heterocycles. The van der Waals surface area contributed by atoms with Crippen LogP contribution in [-0.2, 0) is 21.7 Å². The number of benzene rings is 2. The lowest BCUT2D eigenvalue weighted by molar-refractivity contribution is -0.115. The van der Waals surface area contributed by atoms with Gasteiger partial charge in [-0.05, 0) is 36.2 Å². The third kappa shape index (κ3) is 5.12. The lowest BCUT2D eigenvalue weighted by Gasteiger charge is -2.01. The molecule has 1 N–H and O–H groups in total. The molecular weight excluding hydrogens is 434 g/mol. The van der Waals surface area contributed by atoms with Crippen LogP contribution in [0.1, 0.15) is 27.0 Å². The molecule has 9 heteroatoms. The molecule has 0 bridgehead atoms. The summed E-state index contributed by atoms with van der Waals surface area (Å²) in [6.07, 6.45) is 1.82. The van der Waals surface area contributed by atoms with E-state index in [1.165, 1.54) is 30.2 Å². The lowest BCUT2D eigenvalue weighted by atomic mass is 10.1. The highest BCUT2D eigenvalue weighted by atomic mass is 32.2. The summed E-state index contributed by atoms with van der Waals surface area (Å²) in [4.78, 5) is 23.9. The predicted molar refractivity (Wildman–Crippen MR) is 121 cm³/mol.